The van der Waals surface area contributed by atoms with E-state index in [4.69, 9.17) is 0 Å². The van der Waals surface area contributed by atoms with Crippen molar-refractivity contribution in [2.45, 2.75) is 58.4 Å². The Bertz CT molecular complexity index is 232. The fraction of sp³-hybridized carbons (Fsp3) is 0.846. The lowest BCUT2D eigenvalue weighted by atomic mass is 9.88. The van der Waals surface area contributed by atoms with Gasteiger partial charge >= 0.3 is 0 Å². The van der Waals surface area contributed by atoms with Crippen LogP contribution in [0.15, 0.2) is 0 Å². The number of amides is 1. The van der Waals surface area contributed by atoms with Crippen LogP contribution in [-0.2, 0) is 9.59 Å². The Hall–Kier alpha value is -0.860. The summed E-state index contributed by atoms with van der Waals surface area (Å²) in [6, 6.07) is -0.297. The van der Waals surface area contributed by atoms with Crippen molar-refractivity contribution in [3.8, 4) is 0 Å². The van der Waals surface area contributed by atoms with Gasteiger partial charge in [0.2, 0.25) is 5.91 Å². The third-order valence-corrected chi connectivity index (χ3v) is 3.19. The molecule has 92 valence electrons. The van der Waals surface area contributed by atoms with Crippen LogP contribution in [0.5, 0.6) is 0 Å². The average Bonchev–Trinajstić information content (AvgIpc) is 2.28. The average molecular weight is 225 g/mol. The molecule has 1 fully saturated rings. The molecule has 0 heterocycles. The first-order chi connectivity index (χ1) is 7.63. The molecule has 1 aliphatic rings. The first kappa shape index (κ1) is 13.2. The zero-order valence-electron chi connectivity index (χ0n) is 10.4. The predicted molar refractivity (Wildman–Crippen MR) is 64.0 cm³/mol. The van der Waals surface area contributed by atoms with E-state index in [1.54, 1.807) is 0 Å². The highest BCUT2D eigenvalue weighted by molar-refractivity contribution is 5.81. The lowest BCUT2D eigenvalue weighted by Crippen LogP contribution is -2.41. The van der Waals surface area contributed by atoms with Gasteiger partial charge in [-0.15, -0.1) is 0 Å². The molecule has 0 aromatic heterocycles. The van der Waals surface area contributed by atoms with E-state index in [0.717, 1.165) is 38.4 Å². The van der Waals surface area contributed by atoms with Crippen LogP contribution in [0.3, 0.4) is 0 Å². The second kappa shape index (κ2) is 6.66. The first-order valence-electron chi connectivity index (χ1n) is 6.39. The highest BCUT2D eigenvalue weighted by Crippen LogP contribution is 2.23. The third kappa shape index (κ3) is 4.33. The summed E-state index contributed by atoms with van der Waals surface area (Å²) in [4.78, 5) is 22.7. The number of hydrogen-bond donors (Lipinski definition) is 1. The van der Waals surface area contributed by atoms with Gasteiger partial charge in [0, 0.05) is 5.92 Å². The van der Waals surface area contributed by atoms with Gasteiger partial charge in [-0.25, -0.2) is 0 Å². The number of hydrogen-bond acceptors (Lipinski definition) is 2. The minimum absolute atomic E-state index is 0.0810. The van der Waals surface area contributed by atoms with Crippen molar-refractivity contribution in [3.05, 3.63) is 0 Å². The molecule has 0 radical (unpaired) electrons. The van der Waals surface area contributed by atoms with Crippen LogP contribution < -0.4 is 5.32 Å². The van der Waals surface area contributed by atoms with E-state index in [1.165, 1.54) is 6.42 Å². The van der Waals surface area contributed by atoms with Gasteiger partial charge in [0.25, 0.3) is 0 Å². The molecule has 3 heteroatoms. The van der Waals surface area contributed by atoms with Crippen molar-refractivity contribution in [2.75, 3.05) is 0 Å². The van der Waals surface area contributed by atoms with Gasteiger partial charge in [-0.3, -0.25) is 4.79 Å². The zero-order valence-corrected chi connectivity index (χ0v) is 10.4. The molecular formula is C13H23NO2. The van der Waals surface area contributed by atoms with Crippen molar-refractivity contribution in [3.63, 3.8) is 0 Å². The van der Waals surface area contributed by atoms with Crippen molar-refractivity contribution >= 4 is 12.2 Å². The zero-order chi connectivity index (χ0) is 12.0. The maximum atomic E-state index is 11.9. The highest BCUT2D eigenvalue weighted by atomic mass is 16.2. The predicted octanol–water partition coefficient (Wildman–Crippen LogP) is 2.30. The van der Waals surface area contributed by atoms with E-state index in [-0.39, 0.29) is 17.9 Å². The largest absolute Gasteiger partial charge is 0.346 e. The molecule has 16 heavy (non-hydrogen) atoms. The molecule has 1 N–H and O–H groups in total. The van der Waals surface area contributed by atoms with E-state index >= 15 is 0 Å². The van der Waals surface area contributed by atoms with Crippen LogP contribution >= 0.6 is 0 Å². The molecule has 1 rings (SSSR count). The van der Waals surface area contributed by atoms with E-state index in [2.05, 4.69) is 19.2 Å². The first-order valence-corrected chi connectivity index (χ1v) is 6.39. The number of aldehydes is 1. The second-order valence-electron chi connectivity index (χ2n) is 5.22. The van der Waals surface area contributed by atoms with Gasteiger partial charge in [0.15, 0.2) is 0 Å². The van der Waals surface area contributed by atoms with Crippen LogP contribution in [0.4, 0.5) is 0 Å². The number of nitrogens with one attached hydrogen (secondary N) is 1. The van der Waals surface area contributed by atoms with Crippen molar-refractivity contribution in [1.82, 2.24) is 5.32 Å². The second-order valence-corrected chi connectivity index (χ2v) is 5.22. The van der Waals surface area contributed by atoms with Crippen molar-refractivity contribution in [1.29, 1.82) is 0 Å². The molecule has 1 saturated carbocycles. The summed E-state index contributed by atoms with van der Waals surface area (Å²) in [6.07, 6.45) is 7.11. The van der Waals surface area contributed by atoms with Gasteiger partial charge in [-0.1, -0.05) is 33.1 Å². The molecule has 0 aromatic rings. The van der Waals surface area contributed by atoms with Gasteiger partial charge in [-0.05, 0) is 25.2 Å². The summed E-state index contributed by atoms with van der Waals surface area (Å²) >= 11 is 0. The van der Waals surface area contributed by atoms with Gasteiger partial charge < -0.3 is 10.1 Å². The summed E-state index contributed by atoms with van der Waals surface area (Å²) < 4.78 is 0. The fourth-order valence-corrected chi connectivity index (χ4v) is 2.32. The van der Waals surface area contributed by atoms with E-state index < -0.39 is 0 Å². The molecule has 1 amide bonds. The Morgan fingerprint density at radius 3 is 2.44 bits per heavy atom. The number of carbonyl (C=O) groups is 2. The summed E-state index contributed by atoms with van der Waals surface area (Å²) in [5.41, 5.74) is 0. The Kier molecular flexibility index (Phi) is 5.50. The minimum atomic E-state index is -0.297. The molecule has 0 aromatic carbocycles. The molecule has 0 unspecified atom stereocenters. The van der Waals surface area contributed by atoms with Crippen molar-refractivity contribution in [2.24, 2.45) is 11.8 Å². The van der Waals surface area contributed by atoms with E-state index in [9.17, 15) is 9.59 Å². The lowest BCUT2D eigenvalue weighted by Gasteiger charge is -2.23. The SMILES string of the molecule is CC(C)C[C@@H](C=O)NC(=O)C1CCCCC1. The molecular weight excluding hydrogens is 202 g/mol. The molecule has 1 atom stereocenters. The summed E-state index contributed by atoms with van der Waals surface area (Å²) in [7, 11) is 0. The Morgan fingerprint density at radius 2 is 1.94 bits per heavy atom. The molecule has 0 saturated heterocycles. The van der Waals surface area contributed by atoms with E-state index in [1.807, 2.05) is 0 Å². The highest BCUT2D eigenvalue weighted by Gasteiger charge is 2.23. The summed E-state index contributed by atoms with van der Waals surface area (Å²) in [5, 5.41) is 2.86. The Balaban J connectivity index is 2.38. The third-order valence-electron chi connectivity index (χ3n) is 3.19. The quantitative estimate of drug-likeness (QED) is 0.730. The van der Waals surface area contributed by atoms with Crippen molar-refractivity contribution < 1.29 is 9.59 Å². The topological polar surface area (TPSA) is 46.2 Å². The monoisotopic (exact) mass is 225 g/mol. The van der Waals surface area contributed by atoms with Crippen LogP contribution in [-0.4, -0.2) is 18.2 Å². The van der Waals surface area contributed by atoms with Crippen LogP contribution in [0.2, 0.25) is 0 Å². The van der Waals surface area contributed by atoms with Crippen LogP contribution in [0, 0.1) is 11.8 Å². The summed E-state index contributed by atoms with van der Waals surface area (Å²) in [5.74, 6) is 0.655. The van der Waals surface area contributed by atoms with Crippen LogP contribution in [0.1, 0.15) is 52.4 Å². The molecule has 0 bridgehead atoms. The molecule has 1 aliphatic carbocycles. The number of rotatable bonds is 5. The van der Waals surface area contributed by atoms with Gasteiger partial charge in [0.05, 0.1) is 6.04 Å². The molecule has 0 spiro atoms. The van der Waals surface area contributed by atoms with Gasteiger partial charge in [-0.2, -0.15) is 0 Å². The normalized spacial score (nSPS) is 19.4. The maximum absolute atomic E-state index is 11.9. The Labute approximate surface area is 98.0 Å². The smallest absolute Gasteiger partial charge is 0.223 e. The minimum Gasteiger partial charge on any atom is -0.346 e. The lowest BCUT2D eigenvalue weighted by molar-refractivity contribution is -0.128. The molecule has 3 nitrogen and oxygen atoms in total. The van der Waals surface area contributed by atoms with Gasteiger partial charge in [0.1, 0.15) is 6.29 Å². The molecule has 0 aliphatic heterocycles. The Morgan fingerprint density at radius 1 is 1.31 bits per heavy atom. The summed E-state index contributed by atoms with van der Waals surface area (Å²) in [6.45, 7) is 4.12. The maximum Gasteiger partial charge on any atom is 0.223 e. The van der Waals surface area contributed by atoms with Crippen LogP contribution in [0.25, 0.3) is 0 Å². The number of carbonyl (C=O) groups excluding carboxylic acids is 2. The van der Waals surface area contributed by atoms with E-state index in [0.29, 0.717) is 5.92 Å². The standard InChI is InChI=1S/C13H23NO2/c1-10(2)8-12(9-15)14-13(16)11-6-4-3-5-7-11/h9-12H,3-8H2,1-2H3,(H,14,16)/t12-/m0/s1. The fourth-order valence-electron chi connectivity index (χ4n) is 2.32.